The Morgan fingerprint density at radius 1 is 0.862 bits per heavy atom. The molecule has 29 heavy (non-hydrogen) atoms. The van der Waals surface area contributed by atoms with E-state index < -0.39 is 11.8 Å². The molecule has 4 rings (SSSR count). The van der Waals surface area contributed by atoms with Gasteiger partial charge in [-0.3, -0.25) is 0 Å². The number of aromatic nitrogens is 2. The Hall–Kier alpha value is -3.71. The minimum atomic E-state index is -0.545. The van der Waals surface area contributed by atoms with E-state index in [9.17, 15) is 9.18 Å². The molecule has 3 aromatic carbocycles. The summed E-state index contributed by atoms with van der Waals surface area (Å²) in [6.45, 7) is 0. The van der Waals surface area contributed by atoms with Gasteiger partial charge < -0.3 is 15.1 Å². The van der Waals surface area contributed by atoms with Crippen molar-refractivity contribution in [2.24, 2.45) is 0 Å². The van der Waals surface area contributed by atoms with Crippen LogP contribution in [0.25, 0.3) is 22.9 Å². The number of carbonyl (C=O) groups is 1. The highest BCUT2D eigenvalue weighted by atomic mass is 35.5. The molecular weight excluding hydrogens is 395 g/mol. The first-order chi connectivity index (χ1) is 14.1. The van der Waals surface area contributed by atoms with Crippen molar-refractivity contribution < 1.29 is 13.6 Å². The van der Waals surface area contributed by atoms with Crippen LogP contribution in [0.3, 0.4) is 0 Å². The van der Waals surface area contributed by atoms with Gasteiger partial charge in [0.25, 0.3) is 5.89 Å². The standard InChI is InChI=1S/C21H14ClFN4O2/c22-14-6-8-15(9-7-14)24-21(28)25-16-10-11-18(23)17(12-16)20-27-26-19(29-20)13-4-2-1-3-5-13/h1-12H,(H2,24,25,28). The quantitative estimate of drug-likeness (QED) is 0.444. The molecule has 4 aromatic rings. The van der Waals surface area contributed by atoms with Crippen LogP contribution in [0.2, 0.25) is 5.02 Å². The molecule has 0 spiro atoms. The summed E-state index contributed by atoms with van der Waals surface area (Å²) in [5.41, 5.74) is 1.75. The molecular formula is C21H14ClFN4O2. The van der Waals surface area contributed by atoms with E-state index in [4.69, 9.17) is 16.0 Å². The van der Waals surface area contributed by atoms with Gasteiger partial charge in [0.15, 0.2) is 0 Å². The molecule has 1 aromatic heterocycles. The maximum absolute atomic E-state index is 14.3. The van der Waals surface area contributed by atoms with Crippen molar-refractivity contribution in [2.75, 3.05) is 10.6 Å². The van der Waals surface area contributed by atoms with Gasteiger partial charge in [-0.15, -0.1) is 10.2 Å². The fraction of sp³-hybridized carbons (Fsp3) is 0. The third kappa shape index (κ3) is 4.41. The Balaban J connectivity index is 1.53. The topological polar surface area (TPSA) is 80.0 Å². The van der Waals surface area contributed by atoms with Crippen molar-refractivity contribution in [3.05, 3.63) is 83.6 Å². The first-order valence-electron chi connectivity index (χ1n) is 8.61. The van der Waals surface area contributed by atoms with Gasteiger partial charge in [0.05, 0.1) is 5.56 Å². The number of amides is 2. The number of halogens is 2. The van der Waals surface area contributed by atoms with Crippen LogP contribution in [0.4, 0.5) is 20.6 Å². The Bertz CT molecular complexity index is 1150. The molecule has 0 aliphatic rings. The van der Waals surface area contributed by atoms with Crippen LogP contribution in [0.15, 0.2) is 77.2 Å². The molecule has 0 radical (unpaired) electrons. The summed E-state index contributed by atoms with van der Waals surface area (Å²) < 4.78 is 19.9. The molecule has 0 fully saturated rings. The van der Waals surface area contributed by atoms with Crippen molar-refractivity contribution in [2.45, 2.75) is 0 Å². The Kier molecular flexibility index (Phi) is 5.22. The van der Waals surface area contributed by atoms with Crippen molar-refractivity contribution >= 4 is 29.0 Å². The summed E-state index contributed by atoms with van der Waals surface area (Å²) in [6, 6.07) is 19.4. The van der Waals surface area contributed by atoms with E-state index in [1.165, 1.54) is 18.2 Å². The number of nitrogens with zero attached hydrogens (tertiary/aromatic N) is 2. The second-order valence-electron chi connectivity index (χ2n) is 6.06. The van der Waals surface area contributed by atoms with E-state index in [-0.39, 0.29) is 17.3 Å². The fourth-order valence-electron chi connectivity index (χ4n) is 2.62. The smallest absolute Gasteiger partial charge is 0.323 e. The third-order valence-electron chi connectivity index (χ3n) is 4.00. The van der Waals surface area contributed by atoms with E-state index in [0.717, 1.165) is 5.56 Å². The third-order valence-corrected chi connectivity index (χ3v) is 4.25. The van der Waals surface area contributed by atoms with Crippen molar-refractivity contribution in [3.63, 3.8) is 0 Å². The van der Waals surface area contributed by atoms with Gasteiger partial charge in [-0.2, -0.15) is 0 Å². The summed E-state index contributed by atoms with van der Waals surface area (Å²) in [5, 5.41) is 13.8. The zero-order valence-corrected chi connectivity index (χ0v) is 15.7. The van der Waals surface area contributed by atoms with E-state index in [2.05, 4.69) is 20.8 Å². The van der Waals surface area contributed by atoms with Gasteiger partial charge in [-0.1, -0.05) is 29.8 Å². The second kappa shape index (κ2) is 8.12. The largest absolute Gasteiger partial charge is 0.416 e. The van der Waals surface area contributed by atoms with Crippen molar-refractivity contribution in [1.29, 1.82) is 0 Å². The number of carbonyl (C=O) groups excluding carboxylic acids is 1. The van der Waals surface area contributed by atoms with Crippen LogP contribution < -0.4 is 10.6 Å². The minimum Gasteiger partial charge on any atom is -0.416 e. The number of nitrogens with one attached hydrogen (secondary N) is 2. The van der Waals surface area contributed by atoms with Gasteiger partial charge >= 0.3 is 6.03 Å². The van der Waals surface area contributed by atoms with E-state index in [1.54, 1.807) is 24.3 Å². The average Bonchev–Trinajstić information content (AvgIpc) is 3.22. The van der Waals surface area contributed by atoms with Crippen molar-refractivity contribution in [3.8, 4) is 22.9 Å². The number of hydrogen-bond donors (Lipinski definition) is 2. The predicted molar refractivity (Wildman–Crippen MR) is 109 cm³/mol. The van der Waals surface area contributed by atoms with Gasteiger partial charge in [0.2, 0.25) is 5.89 Å². The van der Waals surface area contributed by atoms with Crippen LogP contribution in [-0.2, 0) is 0 Å². The Morgan fingerprint density at radius 2 is 1.52 bits per heavy atom. The summed E-state index contributed by atoms with van der Waals surface area (Å²) in [4.78, 5) is 12.2. The molecule has 0 saturated heterocycles. The van der Waals surface area contributed by atoms with Gasteiger partial charge in [0.1, 0.15) is 5.82 Å². The van der Waals surface area contributed by atoms with Crippen LogP contribution in [0.5, 0.6) is 0 Å². The Labute approximate surface area is 170 Å². The molecule has 0 aliphatic carbocycles. The zero-order chi connectivity index (χ0) is 20.2. The maximum Gasteiger partial charge on any atom is 0.323 e. The maximum atomic E-state index is 14.3. The summed E-state index contributed by atoms with van der Waals surface area (Å²) >= 11 is 5.83. The minimum absolute atomic E-state index is 0.0168. The molecule has 0 bridgehead atoms. The molecule has 144 valence electrons. The zero-order valence-electron chi connectivity index (χ0n) is 14.9. The molecule has 0 unspecified atom stereocenters. The summed E-state index contributed by atoms with van der Waals surface area (Å²) in [5.74, 6) is -0.251. The lowest BCUT2D eigenvalue weighted by Crippen LogP contribution is -2.19. The van der Waals surface area contributed by atoms with Gasteiger partial charge in [-0.05, 0) is 54.6 Å². The van der Waals surface area contributed by atoms with E-state index >= 15 is 0 Å². The summed E-state index contributed by atoms with van der Waals surface area (Å²) in [7, 11) is 0. The summed E-state index contributed by atoms with van der Waals surface area (Å²) in [6.07, 6.45) is 0. The molecule has 1 heterocycles. The molecule has 0 saturated carbocycles. The Morgan fingerprint density at radius 3 is 2.28 bits per heavy atom. The van der Waals surface area contributed by atoms with Gasteiger partial charge in [0, 0.05) is 22.0 Å². The lowest BCUT2D eigenvalue weighted by Gasteiger charge is -2.09. The number of hydrogen-bond acceptors (Lipinski definition) is 4. The number of urea groups is 1. The molecule has 6 nitrogen and oxygen atoms in total. The monoisotopic (exact) mass is 408 g/mol. The first-order valence-corrected chi connectivity index (χ1v) is 8.99. The second-order valence-corrected chi connectivity index (χ2v) is 6.50. The SMILES string of the molecule is O=C(Nc1ccc(Cl)cc1)Nc1ccc(F)c(-c2nnc(-c3ccccc3)o2)c1. The highest BCUT2D eigenvalue weighted by molar-refractivity contribution is 6.30. The normalized spacial score (nSPS) is 10.6. The van der Waals surface area contributed by atoms with Crippen molar-refractivity contribution in [1.82, 2.24) is 10.2 Å². The van der Waals surface area contributed by atoms with Crippen LogP contribution in [0.1, 0.15) is 0 Å². The molecule has 0 atom stereocenters. The van der Waals surface area contributed by atoms with Gasteiger partial charge in [-0.25, -0.2) is 9.18 Å². The predicted octanol–water partition coefficient (Wildman–Crippen LogP) is 5.84. The molecule has 0 aliphatic heterocycles. The van der Waals surface area contributed by atoms with Crippen LogP contribution in [-0.4, -0.2) is 16.2 Å². The number of rotatable bonds is 4. The highest BCUT2D eigenvalue weighted by Gasteiger charge is 2.15. The lowest BCUT2D eigenvalue weighted by atomic mass is 10.2. The van der Waals surface area contributed by atoms with E-state index in [1.807, 2.05) is 30.3 Å². The molecule has 2 amide bonds. The molecule has 2 N–H and O–H groups in total. The van der Waals surface area contributed by atoms with Crippen LogP contribution in [0, 0.1) is 5.82 Å². The average molecular weight is 409 g/mol. The first kappa shape index (κ1) is 18.6. The number of benzene rings is 3. The number of anilines is 2. The lowest BCUT2D eigenvalue weighted by molar-refractivity contribution is 0.262. The van der Waals surface area contributed by atoms with Crippen LogP contribution >= 0.6 is 11.6 Å². The molecule has 8 heteroatoms. The fourth-order valence-corrected chi connectivity index (χ4v) is 2.75. The van der Waals surface area contributed by atoms with E-state index in [0.29, 0.717) is 16.4 Å². The highest BCUT2D eigenvalue weighted by Crippen LogP contribution is 2.28.